The van der Waals surface area contributed by atoms with Gasteiger partial charge in [0.25, 0.3) is 0 Å². The fourth-order valence-corrected chi connectivity index (χ4v) is 4.12. The van der Waals surface area contributed by atoms with Crippen LogP contribution in [0.3, 0.4) is 0 Å². The summed E-state index contributed by atoms with van der Waals surface area (Å²) in [5.41, 5.74) is 3.13. The van der Waals surface area contributed by atoms with Crippen LogP contribution in [0.4, 0.5) is 0 Å². The fourth-order valence-electron chi connectivity index (χ4n) is 3.40. The zero-order valence-electron chi connectivity index (χ0n) is 12.1. The van der Waals surface area contributed by atoms with Crippen LogP contribution in [0.5, 0.6) is 0 Å². The third-order valence-electron chi connectivity index (χ3n) is 4.40. The molecule has 0 bridgehead atoms. The van der Waals surface area contributed by atoms with E-state index in [1.807, 2.05) is 11.3 Å². The lowest BCUT2D eigenvalue weighted by molar-refractivity contribution is 0.352. The Bertz CT molecular complexity index is 507. The second-order valence-corrected chi connectivity index (χ2v) is 6.75. The molecule has 0 aliphatic heterocycles. The van der Waals surface area contributed by atoms with Crippen molar-refractivity contribution >= 4 is 11.3 Å². The van der Waals surface area contributed by atoms with E-state index in [1.165, 1.54) is 30.6 Å². The maximum absolute atomic E-state index is 3.73. The van der Waals surface area contributed by atoms with E-state index in [-0.39, 0.29) is 0 Å². The van der Waals surface area contributed by atoms with Crippen LogP contribution < -0.4 is 5.32 Å². The molecular weight excluding hydrogens is 262 g/mol. The summed E-state index contributed by atoms with van der Waals surface area (Å²) in [4.78, 5) is 1.52. The van der Waals surface area contributed by atoms with Gasteiger partial charge in [-0.3, -0.25) is 0 Å². The molecule has 1 nitrogen and oxygen atoms in total. The molecule has 0 fully saturated rings. The normalized spacial score (nSPS) is 16.2. The topological polar surface area (TPSA) is 12.0 Å². The third kappa shape index (κ3) is 3.13. The number of nitrogens with one attached hydrogen (secondary N) is 1. The van der Waals surface area contributed by atoms with Crippen LogP contribution >= 0.6 is 11.3 Å². The molecule has 20 heavy (non-hydrogen) atoms. The van der Waals surface area contributed by atoms with Gasteiger partial charge in [0.05, 0.1) is 0 Å². The van der Waals surface area contributed by atoms with Crippen molar-refractivity contribution in [3.8, 4) is 0 Å². The van der Waals surface area contributed by atoms with Crippen LogP contribution in [0.1, 0.15) is 29.3 Å². The predicted molar refractivity (Wildman–Crippen MR) is 87.4 cm³/mol. The van der Waals surface area contributed by atoms with Crippen molar-refractivity contribution in [2.75, 3.05) is 6.54 Å². The lowest BCUT2D eigenvalue weighted by Crippen LogP contribution is -2.37. The first kappa shape index (κ1) is 13.8. The number of hydrogen-bond donors (Lipinski definition) is 1. The van der Waals surface area contributed by atoms with E-state index in [1.54, 1.807) is 11.1 Å². The quantitative estimate of drug-likeness (QED) is 0.843. The summed E-state index contributed by atoms with van der Waals surface area (Å²) >= 11 is 1.89. The smallest absolute Gasteiger partial charge is 0.0105 e. The van der Waals surface area contributed by atoms with E-state index in [0.29, 0.717) is 6.04 Å². The van der Waals surface area contributed by atoms with E-state index in [2.05, 4.69) is 54.0 Å². The van der Waals surface area contributed by atoms with E-state index in [9.17, 15) is 0 Å². The van der Waals surface area contributed by atoms with Crippen molar-refractivity contribution in [1.82, 2.24) is 5.32 Å². The number of rotatable bonds is 6. The Labute approximate surface area is 126 Å². The standard InChI is InChI=1S/C18H23NS/c1-2-19-18(10-9-17-8-5-11-20-17)16-12-14-6-3-4-7-15(14)13-16/h3-8,11,16,18-19H,2,9-10,12-13H2,1H3. The summed E-state index contributed by atoms with van der Waals surface area (Å²) in [6, 6.07) is 14.0. The van der Waals surface area contributed by atoms with E-state index in [0.717, 1.165) is 12.5 Å². The lowest BCUT2D eigenvalue weighted by Gasteiger charge is -2.24. The molecule has 0 saturated carbocycles. The maximum Gasteiger partial charge on any atom is 0.0105 e. The highest BCUT2D eigenvalue weighted by Crippen LogP contribution is 2.30. The third-order valence-corrected chi connectivity index (χ3v) is 5.34. The van der Waals surface area contributed by atoms with Crippen LogP contribution in [-0.4, -0.2) is 12.6 Å². The van der Waals surface area contributed by atoms with Crippen LogP contribution in [-0.2, 0) is 19.3 Å². The first-order valence-corrected chi connectivity index (χ1v) is 8.57. The molecule has 0 radical (unpaired) electrons. The minimum atomic E-state index is 0.648. The minimum Gasteiger partial charge on any atom is -0.314 e. The number of aryl methyl sites for hydroxylation is 1. The van der Waals surface area contributed by atoms with Gasteiger partial charge in [-0.1, -0.05) is 37.3 Å². The van der Waals surface area contributed by atoms with Crippen molar-refractivity contribution in [2.45, 2.75) is 38.6 Å². The van der Waals surface area contributed by atoms with Crippen LogP contribution in [0.2, 0.25) is 0 Å². The number of hydrogen-bond acceptors (Lipinski definition) is 2. The minimum absolute atomic E-state index is 0.648. The van der Waals surface area contributed by atoms with Crippen molar-refractivity contribution in [3.05, 3.63) is 57.8 Å². The van der Waals surface area contributed by atoms with Crippen molar-refractivity contribution < 1.29 is 0 Å². The van der Waals surface area contributed by atoms with Crippen LogP contribution in [0.25, 0.3) is 0 Å². The Morgan fingerprint density at radius 2 is 1.90 bits per heavy atom. The Kier molecular flexibility index (Phi) is 4.54. The molecule has 1 aromatic heterocycles. The van der Waals surface area contributed by atoms with Gasteiger partial charge < -0.3 is 5.32 Å². The van der Waals surface area contributed by atoms with E-state index >= 15 is 0 Å². The zero-order chi connectivity index (χ0) is 13.8. The Morgan fingerprint density at radius 1 is 1.15 bits per heavy atom. The second kappa shape index (κ2) is 6.55. The molecule has 3 rings (SSSR count). The highest BCUT2D eigenvalue weighted by atomic mass is 32.1. The SMILES string of the molecule is CCNC(CCc1cccs1)C1Cc2ccccc2C1. The average molecular weight is 285 g/mol. The highest BCUT2D eigenvalue weighted by Gasteiger charge is 2.27. The number of thiophene rings is 1. The summed E-state index contributed by atoms with van der Waals surface area (Å²) in [5.74, 6) is 0.771. The van der Waals surface area contributed by atoms with Gasteiger partial charge in [0, 0.05) is 10.9 Å². The highest BCUT2D eigenvalue weighted by molar-refractivity contribution is 7.09. The number of fused-ring (bicyclic) bond motifs is 1. The van der Waals surface area contributed by atoms with Gasteiger partial charge in [0.15, 0.2) is 0 Å². The molecule has 106 valence electrons. The predicted octanol–water partition coefficient (Wildman–Crippen LogP) is 4.07. The van der Waals surface area contributed by atoms with Crippen molar-refractivity contribution in [3.63, 3.8) is 0 Å². The van der Waals surface area contributed by atoms with Crippen LogP contribution in [0, 0.1) is 5.92 Å². The molecule has 2 heteroatoms. The Morgan fingerprint density at radius 3 is 2.50 bits per heavy atom. The van der Waals surface area contributed by atoms with Crippen molar-refractivity contribution in [2.24, 2.45) is 5.92 Å². The summed E-state index contributed by atoms with van der Waals surface area (Å²) in [6.45, 7) is 3.29. The second-order valence-electron chi connectivity index (χ2n) is 5.72. The molecule has 1 aliphatic carbocycles. The van der Waals surface area contributed by atoms with E-state index in [4.69, 9.17) is 0 Å². The molecule has 1 heterocycles. The molecule has 0 saturated heterocycles. The fraction of sp³-hybridized carbons (Fsp3) is 0.444. The molecular formula is C18H23NS. The molecule has 2 aromatic rings. The zero-order valence-corrected chi connectivity index (χ0v) is 13.0. The van der Waals surface area contributed by atoms with Crippen molar-refractivity contribution in [1.29, 1.82) is 0 Å². The maximum atomic E-state index is 3.73. The summed E-state index contributed by atoms with van der Waals surface area (Å²) in [7, 11) is 0. The molecule has 1 aliphatic rings. The molecule has 1 aromatic carbocycles. The van der Waals surface area contributed by atoms with Gasteiger partial charge in [0.2, 0.25) is 0 Å². The average Bonchev–Trinajstić information content (AvgIpc) is 3.12. The van der Waals surface area contributed by atoms with Gasteiger partial charge in [-0.05, 0) is 60.7 Å². The van der Waals surface area contributed by atoms with Gasteiger partial charge in [-0.15, -0.1) is 11.3 Å². The molecule has 1 atom stereocenters. The largest absolute Gasteiger partial charge is 0.314 e. The summed E-state index contributed by atoms with van der Waals surface area (Å²) in [5, 5.41) is 5.91. The monoisotopic (exact) mass is 285 g/mol. The molecule has 1 N–H and O–H groups in total. The van der Waals surface area contributed by atoms with Gasteiger partial charge in [0.1, 0.15) is 0 Å². The van der Waals surface area contributed by atoms with E-state index < -0.39 is 0 Å². The summed E-state index contributed by atoms with van der Waals surface area (Å²) in [6.07, 6.45) is 4.96. The van der Waals surface area contributed by atoms with Crippen LogP contribution in [0.15, 0.2) is 41.8 Å². The lowest BCUT2D eigenvalue weighted by atomic mass is 9.92. The Hall–Kier alpha value is -1.12. The molecule has 0 spiro atoms. The molecule has 0 amide bonds. The summed E-state index contributed by atoms with van der Waals surface area (Å²) < 4.78 is 0. The van der Waals surface area contributed by atoms with Gasteiger partial charge >= 0.3 is 0 Å². The Balaban J connectivity index is 1.63. The van der Waals surface area contributed by atoms with Gasteiger partial charge in [-0.2, -0.15) is 0 Å². The van der Waals surface area contributed by atoms with Gasteiger partial charge in [-0.25, -0.2) is 0 Å². The number of benzene rings is 1. The molecule has 1 unspecified atom stereocenters. The first-order valence-electron chi connectivity index (χ1n) is 7.69. The first-order chi connectivity index (χ1) is 9.86.